The molecule has 0 unspecified atom stereocenters. The molecular weight excluding hydrogens is 312 g/mol. The molecular formula is C22H34O3. The van der Waals surface area contributed by atoms with Crippen LogP contribution in [0.3, 0.4) is 0 Å². The number of hydrogen-bond acceptors (Lipinski definition) is 3. The average Bonchev–Trinajstić information content (AvgIpc) is 2.61. The maximum Gasteiger partial charge on any atom is 0.223 e. The van der Waals surface area contributed by atoms with Crippen molar-refractivity contribution in [1.82, 2.24) is 0 Å². The molecule has 0 spiro atoms. The van der Waals surface area contributed by atoms with Crippen molar-refractivity contribution >= 4 is 11.6 Å². The highest BCUT2D eigenvalue weighted by Crippen LogP contribution is 2.20. The molecule has 0 saturated carbocycles. The molecule has 0 saturated heterocycles. The Morgan fingerprint density at radius 1 is 0.840 bits per heavy atom. The molecule has 25 heavy (non-hydrogen) atoms. The fraction of sp³-hybridized carbons (Fsp3) is 0.636. The van der Waals surface area contributed by atoms with Gasteiger partial charge in [-0.25, -0.2) is 0 Å². The minimum Gasteiger partial charge on any atom is -0.493 e. The van der Waals surface area contributed by atoms with E-state index in [9.17, 15) is 9.59 Å². The lowest BCUT2D eigenvalue weighted by atomic mass is 9.96. The van der Waals surface area contributed by atoms with Crippen LogP contribution in [-0.2, 0) is 14.3 Å². The van der Waals surface area contributed by atoms with Gasteiger partial charge in [-0.1, -0.05) is 64.0 Å². The van der Waals surface area contributed by atoms with Crippen LogP contribution in [0.2, 0.25) is 0 Å². The van der Waals surface area contributed by atoms with Crippen LogP contribution in [0.5, 0.6) is 0 Å². The number of Topliss-reactive ketones (excluding diaryl/α,β-unsaturated/α-hetero) is 1. The van der Waals surface area contributed by atoms with Gasteiger partial charge < -0.3 is 4.74 Å². The van der Waals surface area contributed by atoms with Crippen LogP contribution in [0.15, 0.2) is 35.6 Å². The number of hydrogen-bond donors (Lipinski definition) is 0. The van der Waals surface area contributed by atoms with Gasteiger partial charge in [0.05, 0.1) is 7.11 Å². The Balaban J connectivity index is 2.00. The monoisotopic (exact) mass is 346 g/mol. The molecule has 140 valence electrons. The maximum atomic E-state index is 12.0. The Bertz CT molecular complexity index is 497. The van der Waals surface area contributed by atoms with Crippen molar-refractivity contribution in [2.75, 3.05) is 7.11 Å². The Kier molecular flexibility index (Phi) is 11.7. The van der Waals surface area contributed by atoms with Crippen molar-refractivity contribution in [3.63, 3.8) is 0 Å². The lowest BCUT2D eigenvalue weighted by Gasteiger charge is -2.12. The van der Waals surface area contributed by atoms with Crippen LogP contribution < -0.4 is 0 Å². The summed E-state index contributed by atoms with van der Waals surface area (Å²) in [6.07, 6.45) is 21.5. The van der Waals surface area contributed by atoms with Crippen molar-refractivity contribution in [3.8, 4) is 0 Å². The first-order valence-corrected chi connectivity index (χ1v) is 9.89. The molecule has 0 bridgehead atoms. The number of carbonyl (C=O) groups is 2. The van der Waals surface area contributed by atoms with E-state index < -0.39 is 0 Å². The molecule has 0 aromatic rings. The van der Waals surface area contributed by atoms with Crippen LogP contribution in [0.4, 0.5) is 0 Å². The fourth-order valence-corrected chi connectivity index (χ4v) is 2.99. The van der Waals surface area contributed by atoms with Crippen LogP contribution in [-0.4, -0.2) is 18.7 Å². The largest absolute Gasteiger partial charge is 0.493 e. The quantitative estimate of drug-likeness (QED) is 0.225. The topological polar surface area (TPSA) is 43.4 Å². The molecule has 1 aliphatic carbocycles. The van der Waals surface area contributed by atoms with E-state index >= 15 is 0 Å². The molecule has 0 amide bonds. The third-order valence-corrected chi connectivity index (χ3v) is 4.53. The first kappa shape index (κ1) is 21.4. The molecule has 1 rings (SSSR count). The molecule has 0 fully saturated rings. The number of allylic oxidation sites excluding steroid dienone is 5. The Labute approximate surface area is 153 Å². The van der Waals surface area contributed by atoms with Crippen LogP contribution >= 0.6 is 0 Å². The zero-order chi connectivity index (χ0) is 18.3. The van der Waals surface area contributed by atoms with Gasteiger partial charge in [0, 0.05) is 11.6 Å². The molecule has 3 heteroatoms. The number of ketones is 2. The van der Waals surface area contributed by atoms with Gasteiger partial charge in [0.15, 0.2) is 11.5 Å². The van der Waals surface area contributed by atoms with Crippen LogP contribution in [0.25, 0.3) is 0 Å². The van der Waals surface area contributed by atoms with Crippen molar-refractivity contribution in [1.29, 1.82) is 0 Å². The van der Waals surface area contributed by atoms with Crippen LogP contribution in [0, 0.1) is 0 Å². The number of unbranched alkanes of at least 4 members (excludes halogenated alkanes) is 9. The van der Waals surface area contributed by atoms with Crippen LogP contribution in [0.1, 0.15) is 84.0 Å². The summed E-state index contributed by atoms with van der Waals surface area (Å²) in [5.41, 5.74) is 0.596. The Morgan fingerprint density at radius 3 is 2.08 bits per heavy atom. The van der Waals surface area contributed by atoms with Gasteiger partial charge in [0.1, 0.15) is 0 Å². The summed E-state index contributed by atoms with van der Waals surface area (Å²) in [4.78, 5) is 23.6. The van der Waals surface area contributed by atoms with Gasteiger partial charge in [-0.15, -0.1) is 0 Å². The fourth-order valence-electron chi connectivity index (χ4n) is 2.99. The summed E-state index contributed by atoms with van der Waals surface area (Å²) in [6.45, 7) is 2.23. The second kappa shape index (κ2) is 13.6. The van der Waals surface area contributed by atoms with Crippen molar-refractivity contribution in [2.45, 2.75) is 84.0 Å². The van der Waals surface area contributed by atoms with E-state index in [1.165, 1.54) is 77.0 Å². The van der Waals surface area contributed by atoms with Gasteiger partial charge >= 0.3 is 0 Å². The number of ether oxygens (including phenoxy) is 1. The maximum absolute atomic E-state index is 12.0. The van der Waals surface area contributed by atoms with E-state index in [0.29, 0.717) is 12.0 Å². The Morgan fingerprint density at radius 2 is 1.44 bits per heavy atom. The average molecular weight is 347 g/mol. The van der Waals surface area contributed by atoms with E-state index in [2.05, 4.69) is 19.1 Å². The van der Waals surface area contributed by atoms with Crippen molar-refractivity contribution in [3.05, 3.63) is 35.6 Å². The first-order valence-electron chi connectivity index (χ1n) is 9.89. The standard InChI is InChI=1S/C22H34O3/c1-3-4-5-6-7-8-9-10-11-12-13-14-15-16-19-17-20(23)18-21(25-2)22(19)24/h6-7,17-18H,3-5,8-16H2,1-2H3/b7-6-. The smallest absolute Gasteiger partial charge is 0.223 e. The van der Waals surface area contributed by atoms with E-state index in [-0.39, 0.29) is 17.3 Å². The summed E-state index contributed by atoms with van der Waals surface area (Å²) in [6, 6.07) is 0. The minimum atomic E-state index is -0.143. The SMILES string of the molecule is CCCC/C=C\CCCCCCCCCC1=CC(=O)C=C(OC)C1=O. The first-order chi connectivity index (χ1) is 12.2. The molecule has 0 aromatic heterocycles. The third-order valence-electron chi connectivity index (χ3n) is 4.53. The van der Waals surface area contributed by atoms with Gasteiger partial charge in [-0.05, 0) is 38.2 Å². The number of rotatable bonds is 14. The highest BCUT2D eigenvalue weighted by atomic mass is 16.5. The second-order valence-electron chi connectivity index (χ2n) is 6.74. The zero-order valence-electron chi connectivity index (χ0n) is 16.0. The normalized spacial score (nSPS) is 14.8. The van der Waals surface area contributed by atoms with E-state index in [4.69, 9.17) is 4.74 Å². The highest BCUT2D eigenvalue weighted by molar-refractivity contribution is 6.19. The molecule has 1 aliphatic rings. The van der Waals surface area contributed by atoms with E-state index in [1.807, 2.05) is 0 Å². The highest BCUT2D eigenvalue weighted by Gasteiger charge is 2.21. The summed E-state index contributed by atoms with van der Waals surface area (Å²) in [7, 11) is 1.43. The summed E-state index contributed by atoms with van der Waals surface area (Å²) >= 11 is 0. The minimum absolute atomic E-state index is 0.130. The van der Waals surface area contributed by atoms with Crippen molar-refractivity contribution in [2.24, 2.45) is 0 Å². The second-order valence-corrected chi connectivity index (χ2v) is 6.74. The Hall–Kier alpha value is -1.64. The van der Waals surface area contributed by atoms with Gasteiger partial charge in [-0.2, -0.15) is 0 Å². The van der Waals surface area contributed by atoms with Gasteiger partial charge in [0.25, 0.3) is 0 Å². The molecule has 0 aliphatic heterocycles. The van der Waals surface area contributed by atoms with Crippen molar-refractivity contribution < 1.29 is 14.3 Å². The number of carbonyl (C=O) groups excluding carboxylic acids is 2. The lowest BCUT2D eigenvalue weighted by molar-refractivity contribution is -0.117. The van der Waals surface area contributed by atoms with Gasteiger partial charge in [0.2, 0.25) is 5.78 Å². The van der Waals surface area contributed by atoms with Gasteiger partial charge in [-0.3, -0.25) is 9.59 Å². The third kappa shape index (κ3) is 9.42. The molecule has 0 radical (unpaired) electrons. The molecule has 3 nitrogen and oxygen atoms in total. The summed E-state index contributed by atoms with van der Waals surface area (Å²) in [5, 5.41) is 0. The predicted octanol–water partition coefficient (Wildman–Crippen LogP) is 5.85. The van der Waals surface area contributed by atoms with E-state index in [1.54, 1.807) is 0 Å². The zero-order valence-corrected chi connectivity index (χ0v) is 16.0. The predicted molar refractivity (Wildman–Crippen MR) is 103 cm³/mol. The molecule has 0 aromatic carbocycles. The summed E-state index contributed by atoms with van der Waals surface area (Å²) < 4.78 is 4.97. The summed E-state index contributed by atoms with van der Waals surface area (Å²) in [5.74, 6) is -0.101. The molecule has 0 N–H and O–H groups in total. The number of methoxy groups -OCH3 is 1. The molecule has 0 heterocycles. The molecule has 0 atom stereocenters. The van der Waals surface area contributed by atoms with E-state index in [0.717, 1.165) is 12.8 Å². The lowest BCUT2D eigenvalue weighted by Crippen LogP contribution is -2.15.